The van der Waals surface area contributed by atoms with E-state index in [9.17, 15) is 0 Å². The lowest BCUT2D eigenvalue weighted by Gasteiger charge is -1.91. The second-order valence-corrected chi connectivity index (χ2v) is 0.986. The van der Waals surface area contributed by atoms with E-state index in [1.54, 1.807) is 0 Å². The van der Waals surface area contributed by atoms with E-state index in [1.165, 1.54) is 0 Å². The Bertz CT molecular complexity index is 15.9. The molecule has 0 rings (SSSR count). The summed E-state index contributed by atoms with van der Waals surface area (Å²) in [5.41, 5.74) is 0. The van der Waals surface area contributed by atoms with Gasteiger partial charge in [-0.15, -0.1) is 0 Å². The number of hydrogen-bond donors (Lipinski definition) is 0. The van der Waals surface area contributed by atoms with Gasteiger partial charge in [-0.05, 0) is 20.3 Å². The van der Waals surface area contributed by atoms with Gasteiger partial charge >= 0.3 is 0 Å². The van der Waals surface area contributed by atoms with E-state index < -0.39 is 0 Å². The third-order valence-electron chi connectivity index (χ3n) is 0.466. The SMILES string of the molecule is [CH]CCOCC. The zero-order valence-electron chi connectivity index (χ0n) is 4.11. The number of hydrogen-bond acceptors (Lipinski definition) is 1. The van der Waals surface area contributed by atoms with Crippen LogP contribution in [-0.4, -0.2) is 13.2 Å². The quantitative estimate of drug-likeness (QED) is 0.468. The summed E-state index contributed by atoms with van der Waals surface area (Å²) in [6.07, 6.45) is 0.633. The molecule has 1 heteroatoms. The Kier molecular flexibility index (Phi) is 4.93. The first kappa shape index (κ1) is 5.96. The van der Waals surface area contributed by atoms with Gasteiger partial charge in [0.2, 0.25) is 0 Å². The summed E-state index contributed by atoms with van der Waals surface area (Å²) >= 11 is 0. The predicted octanol–water partition coefficient (Wildman–Crippen LogP) is 1.12. The van der Waals surface area contributed by atoms with Crippen LogP contribution in [0.1, 0.15) is 13.3 Å². The summed E-state index contributed by atoms with van der Waals surface area (Å²) in [5.74, 6) is 0. The molecule has 0 heterocycles. The lowest BCUT2D eigenvalue weighted by Crippen LogP contribution is -1.88. The van der Waals surface area contributed by atoms with Crippen LogP contribution in [0.25, 0.3) is 0 Å². The number of ether oxygens (including phenoxy) is 1. The predicted molar refractivity (Wildman–Crippen MR) is 25.4 cm³/mol. The molecule has 0 unspecified atom stereocenters. The molecule has 0 aliphatic rings. The van der Waals surface area contributed by atoms with Crippen LogP contribution in [0.15, 0.2) is 0 Å². The molecule has 0 aliphatic carbocycles. The summed E-state index contributed by atoms with van der Waals surface area (Å²) in [5, 5.41) is 0. The maximum absolute atomic E-state index is 5.09. The molecule has 0 bridgehead atoms. The Morgan fingerprint density at radius 1 is 1.67 bits per heavy atom. The van der Waals surface area contributed by atoms with E-state index in [1.807, 2.05) is 6.92 Å². The maximum Gasteiger partial charge on any atom is 0.0468 e. The first-order valence-electron chi connectivity index (χ1n) is 2.19. The molecule has 2 radical (unpaired) electrons. The van der Waals surface area contributed by atoms with E-state index in [2.05, 4.69) is 0 Å². The van der Waals surface area contributed by atoms with Crippen molar-refractivity contribution in [3.8, 4) is 0 Å². The summed E-state index contributed by atoms with van der Waals surface area (Å²) < 4.78 is 4.86. The van der Waals surface area contributed by atoms with E-state index >= 15 is 0 Å². The minimum Gasteiger partial charge on any atom is -0.382 e. The minimum atomic E-state index is 0.633. The third kappa shape index (κ3) is 3.96. The van der Waals surface area contributed by atoms with Crippen LogP contribution in [-0.2, 0) is 4.74 Å². The molecule has 6 heavy (non-hydrogen) atoms. The van der Waals surface area contributed by atoms with Gasteiger partial charge in [0.1, 0.15) is 0 Å². The molecular formula is C5H10O. The van der Waals surface area contributed by atoms with Crippen LogP contribution in [0.2, 0.25) is 0 Å². The fourth-order valence-corrected chi connectivity index (χ4v) is 0.228. The van der Waals surface area contributed by atoms with Crippen molar-refractivity contribution in [1.29, 1.82) is 0 Å². The molecule has 0 saturated carbocycles. The van der Waals surface area contributed by atoms with Crippen molar-refractivity contribution in [1.82, 2.24) is 0 Å². The average Bonchev–Trinajstić information content (AvgIpc) is 1.61. The molecule has 0 saturated heterocycles. The molecule has 0 aliphatic heterocycles. The lowest BCUT2D eigenvalue weighted by molar-refractivity contribution is 0.152. The molecule has 0 aromatic heterocycles. The van der Waals surface area contributed by atoms with Gasteiger partial charge in [-0.25, -0.2) is 0 Å². The average molecular weight is 86.1 g/mol. The minimum absolute atomic E-state index is 0.633. The van der Waals surface area contributed by atoms with Gasteiger partial charge in [0.25, 0.3) is 0 Å². The normalized spacial score (nSPS) is 9.00. The van der Waals surface area contributed by atoms with Gasteiger partial charge in [-0.3, -0.25) is 0 Å². The van der Waals surface area contributed by atoms with Crippen molar-refractivity contribution in [2.75, 3.05) is 13.2 Å². The van der Waals surface area contributed by atoms with Gasteiger partial charge in [0.05, 0.1) is 0 Å². The van der Waals surface area contributed by atoms with Gasteiger partial charge in [-0.2, -0.15) is 0 Å². The topological polar surface area (TPSA) is 9.23 Å². The van der Waals surface area contributed by atoms with Crippen molar-refractivity contribution in [3.63, 3.8) is 0 Å². The second kappa shape index (κ2) is 4.96. The van der Waals surface area contributed by atoms with E-state index in [0.717, 1.165) is 6.61 Å². The van der Waals surface area contributed by atoms with Gasteiger partial charge in [-0.1, -0.05) is 0 Å². The Labute approximate surface area is 39.3 Å². The van der Waals surface area contributed by atoms with Gasteiger partial charge in [0.15, 0.2) is 0 Å². The molecular weight excluding hydrogens is 76.1 g/mol. The Hall–Kier alpha value is -0.0400. The molecule has 1 nitrogen and oxygen atoms in total. The molecule has 0 atom stereocenters. The van der Waals surface area contributed by atoms with Crippen molar-refractivity contribution >= 4 is 0 Å². The van der Waals surface area contributed by atoms with Crippen molar-refractivity contribution in [2.45, 2.75) is 13.3 Å². The summed E-state index contributed by atoms with van der Waals surface area (Å²) in [6.45, 7) is 8.51. The second-order valence-electron chi connectivity index (χ2n) is 0.986. The molecule has 0 aromatic carbocycles. The largest absolute Gasteiger partial charge is 0.382 e. The molecule has 0 fully saturated rings. The van der Waals surface area contributed by atoms with Gasteiger partial charge < -0.3 is 4.74 Å². The zero-order chi connectivity index (χ0) is 4.83. The van der Waals surface area contributed by atoms with Crippen LogP contribution >= 0.6 is 0 Å². The smallest absolute Gasteiger partial charge is 0.0468 e. The van der Waals surface area contributed by atoms with Crippen molar-refractivity contribution in [3.05, 3.63) is 6.92 Å². The highest BCUT2D eigenvalue weighted by Crippen LogP contribution is 1.75. The monoisotopic (exact) mass is 86.1 g/mol. The molecule has 0 spiro atoms. The van der Waals surface area contributed by atoms with Crippen molar-refractivity contribution < 1.29 is 4.74 Å². The Morgan fingerprint density at radius 3 is 2.50 bits per heavy atom. The highest BCUT2D eigenvalue weighted by molar-refractivity contribution is 4.32. The molecule has 0 aromatic rings. The Morgan fingerprint density at radius 2 is 2.33 bits per heavy atom. The first-order chi connectivity index (χ1) is 2.91. The summed E-state index contributed by atoms with van der Waals surface area (Å²) in [6, 6.07) is 0. The third-order valence-corrected chi connectivity index (χ3v) is 0.466. The highest BCUT2D eigenvalue weighted by atomic mass is 16.5. The highest BCUT2D eigenvalue weighted by Gasteiger charge is 1.73. The standard InChI is InChI=1S/C5H10O/c1-3-5-6-4-2/h1H,3-5H2,2H3. The van der Waals surface area contributed by atoms with E-state index in [0.29, 0.717) is 13.0 Å². The molecule has 0 N–H and O–H groups in total. The van der Waals surface area contributed by atoms with Crippen LogP contribution < -0.4 is 0 Å². The molecule has 0 amide bonds. The van der Waals surface area contributed by atoms with Crippen molar-refractivity contribution in [2.24, 2.45) is 0 Å². The molecule has 36 valence electrons. The lowest BCUT2D eigenvalue weighted by atomic mass is 10.5. The van der Waals surface area contributed by atoms with E-state index in [-0.39, 0.29) is 0 Å². The van der Waals surface area contributed by atoms with Crippen LogP contribution in [0.5, 0.6) is 0 Å². The summed E-state index contributed by atoms with van der Waals surface area (Å²) in [7, 11) is 0. The Balaban J connectivity index is 2.34. The first-order valence-corrected chi connectivity index (χ1v) is 2.19. The summed E-state index contributed by atoms with van der Waals surface area (Å²) in [4.78, 5) is 0. The van der Waals surface area contributed by atoms with Crippen LogP contribution in [0.4, 0.5) is 0 Å². The number of rotatable bonds is 3. The zero-order valence-corrected chi connectivity index (χ0v) is 4.11. The van der Waals surface area contributed by atoms with E-state index in [4.69, 9.17) is 11.7 Å². The van der Waals surface area contributed by atoms with Crippen LogP contribution in [0, 0.1) is 6.92 Å². The van der Waals surface area contributed by atoms with Gasteiger partial charge in [0, 0.05) is 13.2 Å². The fourth-order valence-electron chi connectivity index (χ4n) is 0.228. The maximum atomic E-state index is 5.09. The van der Waals surface area contributed by atoms with Crippen LogP contribution in [0.3, 0.4) is 0 Å². The fraction of sp³-hybridized carbons (Fsp3) is 0.800.